The highest BCUT2D eigenvalue weighted by molar-refractivity contribution is 5.99. The Morgan fingerprint density at radius 2 is 1.88 bits per heavy atom. The summed E-state index contributed by atoms with van der Waals surface area (Å²) in [6.07, 6.45) is 1.38. The van der Waals surface area contributed by atoms with Crippen molar-refractivity contribution in [2.24, 2.45) is 0 Å². The Hall–Kier alpha value is -3.62. The lowest BCUT2D eigenvalue weighted by atomic mass is 10.2. The first-order chi connectivity index (χ1) is 12.0. The summed E-state index contributed by atoms with van der Waals surface area (Å²) in [4.78, 5) is 35.5. The summed E-state index contributed by atoms with van der Waals surface area (Å²) in [7, 11) is 0. The van der Waals surface area contributed by atoms with E-state index in [2.05, 4.69) is 10.4 Å². The SMILES string of the molecule is O=C(O)CNC(=O)c1c(O)c2ccnn2n(Cc2ccccc2)c1=O. The summed E-state index contributed by atoms with van der Waals surface area (Å²) in [5.74, 6) is -2.77. The zero-order valence-electron chi connectivity index (χ0n) is 12.9. The second-order valence-corrected chi connectivity index (χ2v) is 5.25. The first-order valence-corrected chi connectivity index (χ1v) is 7.32. The van der Waals surface area contributed by atoms with Crippen LogP contribution < -0.4 is 10.9 Å². The second kappa shape index (κ2) is 6.48. The number of hydrogen-bond acceptors (Lipinski definition) is 5. The summed E-state index contributed by atoms with van der Waals surface area (Å²) < 4.78 is 2.40. The molecule has 0 aliphatic carbocycles. The smallest absolute Gasteiger partial charge is 0.322 e. The number of aliphatic carboxylic acids is 1. The Labute approximate surface area is 140 Å². The quantitative estimate of drug-likeness (QED) is 0.602. The van der Waals surface area contributed by atoms with E-state index >= 15 is 0 Å². The average Bonchev–Trinajstić information content (AvgIpc) is 3.08. The number of carbonyl (C=O) groups excluding carboxylic acids is 1. The number of amides is 1. The number of hydrogen-bond donors (Lipinski definition) is 3. The Morgan fingerprint density at radius 1 is 1.16 bits per heavy atom. The van der Waals surface area contributed by atoms with Crippen LogP contribution in [0.1, 0.15) is 15.9 Å². The highest BCUT2D eigenvalue weighted by Gasteiger charge is 2.23. The summed E-state index contributed by atoms with van der Waals surface area (Å²) in [6.45, 7) is -0.543. The third kappa shape index (κ3) is 3.07. The third-order valence-electron chi connectivity index (χ3n) is 3.58. The molecular weight excluding hydrogens is 328 g/mol. The molecule has 0 fully saturated rings. The topological polar surface area (TPSA) is 126 Å². The van der Waals surface area contributed by atoms with Gasteiger partial charge in [0.05, 0.1) is 12.7 Å². The molecule has 3 N–H and O–H groups in total. The van der Waals surface area contributed by atoms with Crippen molar-refractivity contribution in [1.29, 1.82) is 0 Å². The van der Waals surface area contributed by atoms with Crippen LogP contribution in [0.4, 0.5) is 0 Å². The highest BCUT2D eigenvalue weighted by Crippen LogP contribution is 2.20. The van der Waals surface area contributed by atoms with Gasteiger partial charge in [-0.1, -0.05) is 30.3 Å². The van der Waals surface area contributed by atoms with E-state index in [0.29, 0.717) is 0 Å². The maximum Gasteiger partial charge on any atom is 0.322 e. The van der Waals surface area contributed by atoms with E-state index in [1.807, 2.05) is 18.2 Å². The fourth-order valence-corrected chi connectivity index (χ4v) is 2.45. The maximum atomic E-state index is 12.7. The van der Waals surface area contributed by atoms with Crippen molar-refractivity contribution in [2.75, 3.05) is 6.54 Å². The average molecular weight is 342 g/mol. The molecule has 0 aliphatic heterocycles. The summed E-state index contributed by atoms with van der Waals surface area (Å²) in [5.41, 5.74) is -0.342. The number of carbonyl (C=O) groups is 2. The molecule has 0 atom stereocenters. The first kappa shape index (κ1) is 16.2. The van der Waals surface area contributed by atoms with Gasteiger partial charge in [-0.25, -0.2) is 4.68 Å². The normalized spacial score (nSPS) is 10.7. The molecular formula is C16H14N4O5. The number of aromatic nitrogens is 3. The van der Waals surface area contributed by atoms with Crippen molar-refractivity contribution in [3.8, 4) is 5.75 Å². The fourth-order valence-electron chi connectivity index (χ4n) is 2.45. The molecule has 0 saturated heterocycles. The summed E-state index contributed by atoms with van der Waals surface area (Å²) in [6, 6.07) is 10.5. The van der Waals surface area contributed by atoms with E-state index in [1.165, 1.54) is 21.6 Å². The van der Waals surface area contributed by atoms with Crippen molar-refractivity contribution in [3.63, 3.8) is 0 Å². The Balaban J connectivity index is 2.13. The molecule has 1 amide bonds. The Morgan fingerprint density at radius 3 is 2.56 bits per heavy atom. The number of fused-ring (bicyclic) bond motifs is 1. The number of nitrogens with zero attached hydrogens (tertiary/aromatic N) is 3. The lowest BCUT2D eigenvalue weighted by Gasteiger charge is -2.13. The molecule has 9 heteroatoms. The van der Waals surface area contributed by atoms with E-state index in [1.54, 1.807) is 12.1 Å². The zero-order valence-corrected chi connectivity index (χ0v) is 12.9. The maximum absolute atomic E-state index is 12.7. The van der Waals surface area contributed by atoms with Gasteiger partial charge in [0.15, 0.2) is 11.3 Å². The fraction of sp³-hybridized carbons (Fsp3) is 0.125. The number of aromatic hydroxyl groups is 1. The second-order valence-electron chi connectivity index (χ2n) is 5.25. The Kier molecular flexibility index (Phi) is 4.21. The number of carboxylic acids is 1. The molecule has 128 valence electrons. The molecule has 3 rings (SSSR count). The lowest BCUT2D eigenvalue weighted by Crippen LogP contribution is -2.38. The minimum atomic E-state index is -1.26. The number of benzene rings is 1. The molecule has 0 bridgehead atoms. The van der Waals surface area contributed by atoms with Gasteiger partial charge in [0.2, 0.25) is 0 Å². The predicted molar refractivity (Wildman–Crippen MR) is 86.6 cm³/mol. The predicted octanol–water partition coefficient (Wildman–Crippen LogP) is 0.0643. The molecule has 9 nitrogen and oxygen atoms in total. The van der Waals surface area contributed by atoms with Crippen LogP contribution >= 0.6 is 0 Å². The van der Waals surface area contributed by atoms with Crippen LogP contribution in [0.25, 0.3) is 5.52 Å². The summed E-state index contributed by atoms with van der Waals surface area (Å²) in [5, 5.41) is 25.0. The van der Waals surface area contributed by atoms with Gasteiger partial charge in [0.25, 0.3) is 11.5 Å². The molecule has 0 aliphatic rings. The molecule has 25 heavy (non-hydrogen) atoms. The van der Waals surface area contributed by atoms with E-state index in [4.69, 9.17) is 5.11 Å². The van der Waals surface area contributed by atoms with Gasteiger partial charge in [-0.15, -0.1) is 0 Å². The van der Waals surface area contributed by atoms with E-state index < -0.39 is 35.3 Å². The van der Waals surface area contributed by atoms with Crippen molar-refractivity contribution in [1.82, 2.24) is 19.7 Å². The molecule has 2 heterocycles. The Bertz CT molecular complexity index is 1010. The molecule has 0 unspecified atom stereocenters. The van der Waals surface area contributed by atoms with Gasteiger partial charge < -0.3 is 15.5 Å². The van der Waals surface area contributed by atoms with Crippen LogP contribution in [0.5, 0.6) is 5.75 Å². The minimum absolute atomic E-state index is 0.122. The van der Waals surface area contributed by atoms with Crippen LogP contribution in [0, 0.1) is 0 Å². The molecule has 2 aromatic heterocycles. The van der Waals surface area contributed by atoms with Crippen LogP contribution in [-0.4, -0.2) is 43.0 Å². The standard InChI is InChI=1S/C16H14N4O5/c21-12(22)8-17-15(24)13-14(23)11-6-7-18-20(11)19(16(13)25)9-10-4-2-1-3-5-10/h1-7,23H,8-9H2,(H,17,24)(H,21,22). The van der Waals surface area contributed by atoms with Gasteiger partial charge in [-0.3, -0.25) is 14.4 Å². The molecule has 1 aromatic carbocycles. The van der Waals surface area contributed by atoms with Crippen molar-refractivity contribution >= 4 is 17.4 Å². The van der Waals surface area contributed by atoms with Crippen LogP contribution in [0.2, 0.25) is 0 Å². The zero-order chi connectivity index (χ0) is 18.0. The summed E-state index contributed by atoms with van der Waals surface area (Å²) >= 11 is 0. The third-order valence-corrected chi connectivity index (χ3v) is 3.58. The van der Waals surface area contributed by atoms with Gasteiger partial charge in [-0.05, 0) is 11.6 Å². The molecule has 0 saturated carbocycles. The van der Waals surface area contributed by atoms with Crippen LogP contribution in [-0.2, 0) is 11.3 Å². The number of rotatable bonds is 5. The highest BCUT2D eigenvalue weighted by atomic mass is 16.4. The van der Waals surface area contributed by atoms with Crippen molar-refractivity contribution < 1.29 is 19.8 Å². The van der Waals surface area contributed by atoms with E-state index in [9.17, 15) is 19.5 Å². The van der Waals surface area contributed by atoms with Crippen molar-refractivity contribution in [2.45, 2.75) is 6.54 Å². The number of nitrogens with one attached hydrogen (secondary N) is 1. The molecule has 0 spiro atoms. The van der Waals surface area contributed by atoms with Gasteiger partial charge in [0, 0.05) is 0 Å². The van der Waals surface area contributed by atoms with E-state index in [0.717, 1.165) is 5.56 Å². The van der Waals surface area contributed by atoms with Gasteiger partial charge in [-0.2, -0.15) is 9.73 Å². The monoisotopic (exact) mass is 342 g/mol. The molecule has 0 radical (unpaired) electrons. The van der Waals surface area contributed by atoms with Crippen LogP contribution in [0.3, 0.4) is 0 Å². The minimum Gasteiger partial charge on any atom is -0.505 e. The largest absolute Gasteiger partial charge is 0.505 e. The van der Waals surface area contributed by atoms with E-state index in [-0.39, 0.29) is 12.1 Å². The van der Waals surface area contributed by atoms with Crippen molar-refractivity contribution in [3.05, 3.63) is 64.1 Å². The van der Waals surface area contributed by atoms with Crippen LogP contribution in [0.15, 0.2) is 47.4 Å². The lowest BCUT2D eigenvalue weighted by molar-refractivity contribution is -0.135. The first-order valence-electron chi connectivity index (χ1n) is 7.32. The number of carboxylic acid groups (broad SMARTS) is 1. The van der Waals surface area contributed by atoms with Gasteiger partial charge in [0.1, 0.15) is 12.1 Å². The molecule has 3 aromatic rings. The van der Waals surface area contributed by atoms with Gasteiger partial charge >= 0.3 is 5.97 Å².